The lowest BCUT2D eigenvalue weighted by Crippen LogP contribution is -2.32. The summed E-state index contributed by atoms with van der Waals surface area (Å²) in [5.41, 5.74) is 2.80. The Hall–Kier alpha value is -6.07. The predicted molar refractivity (Wildman–Crippen MR) is 220 cm³/mol. The van der Waals surface area contributed by atoms with Crippen molar-refractivity contribution in [3.05, 3.63) is 110 Å². The van der Waals surface area contributed by atoms with Crippen molar-refractivity contribution < 1.29 is 42.9 Å². The number of hydrogen-bond donors (Lipinski definition) is 1. The summed E-state index contributed by atoms with van der Waals surface area (Å²) in [7, 11) is 11.1. The summed E-state index contributed by atoms with van der Waals surface area (Å²) < 4.78 is 31.2. The number of esters is 2. The van der Waals surface area contributed by atoms with Crippen molar-refractivity contribution in [1.29, 1.82) is 5.26 Å². The topological polar surface area (TPSA) is 172 Å². The highest BCUT2D eigenvalue weighted by Gasteiger charge is 2.40. The molecule has 1 heterocycles. The average Bonchev–Trinajstić information content (AvgIpc) is 3.23. The van der Waals surface area contributed by atoms with E-state index in [1.54, 1.807) is 48.4 Å². The van der Waals surface area contributed by atoms with Crippen LogP contribution in [0, 0.1) is 27.4 Å². The normalized spacial score (nSPS) is 13.7. The number of allylic oxidation sites excluding steroid dienone is 2. The van der Waals surface area contributed by atoms with Gasteiger partial charge in [0.25, 0.3) is 5.69 Å². The molecular formula is C44H56N4O10. The molecule has 1 aliphatic heterocycles. The molecule has 3 aromatic rings. The van der Waals surface area contributed by atoms with Gasteiger partial charge in [0, 0.05) is 29.6 Å². The number of methoxy groups -OCH3 is 6. The zero-order valence-corrected chi connectivity index (χ0v) is 35.4. The van der Waals surface area contributed by atoms with Gasteiger partial charge in [-0.15, -0.1) is 0 Å². The standard InChI is InChI=1S/C27H38N2O4.C17H18N2O6/c1-20(2)27(19-28,22-10-12-24(31-5)26(18-22)33-7)14-8-15-29(3)16-13-21-9-11-23(30-4)25(17-21)32-6;1-9-13(16(20)24-3)15(14(10(2)18-9)17(21)25-4)11-7-5-6-8-12(11)19(22)23/h9-12,17-18,20H,8,13-16H2,1-7H3;5-8,15,18H,1-4H3. The molecule has 4 rings (SSSR count). The molecule has 0 saturated heterocycles. The molecule has 0 aliphatic carbocycles. The van der Waals surface area contributed by atoms with Crippen molar-refractivity contribution in [2.24, 2.45) is 5.92 Å². The molecule has 14 nitrogen and oxygen atoms in total. The Balaban J connectivity index is 0.000000322. The molecule has 0 bridgehead atoms. The molecule has 1 aliphatic rings. The maximum absolute atomic E-state index is 12.3. The van der Waals surface area contributed by atoms with Gasteiger partial charge in [-0.25, -0.2) is 9.59 Å². The minimum atomic E-state index is -0.970. The second-order valence-corrected chi connectivity index (χ2v) is 14.1. The third-order valence-electron chi connectivity index (χ3n) is 10.4. The first kappa shape index (κ1) is 46.3. The van der Waals surface area contributed by atoms with Crippen LogP contribution >= 0.6 is 0 Å². The summed E-state index contributed by atoms with van der Waals surface area (Å²) in [6.45, 7) is 9.35. The fourth-order valence-electron chi connectivity index (χ4n) is 7.19. The lowest BCUT2D eigenvalue weighted by Gasteiger charge is -2.32. The van der Waals surface area contributed by atoms with Crippen molar-refractivity contribution in [2.75, 3.05) is 62.8 Å². The van der Waals surface area contributed by atoms with Crippen molar-refractivity contribution >= 4 is 17.6 Å². The Morgan fingerprint density at radius 2 is 1.36 bits per heavy atom. The molecule has 1 unspecified atom stereocenters. The maximum atomic E-state index is 12.3. The van der Waals surface area contributed by atoms with Crippen molar-refractivity contribution in [1.82, 2.24) is 10.2 Å². The second-order valence-electron chi connectivity index (χ2n) is 14.1. The lowest BCUT2D eigenvalue weighted by atomic mass is 9.69. The number of nitro groups is 1. The number of benzene rings is 3. The van der Waals surface area contributed by atoms with Crippen LogP contribution in [-0.4, -0.2) is 84.6 Å². The molecule has 58 heavy (non-hydrogen) atoms. The molecule has 0 radical (unpaired) electrons. The van der Waals surface area contributed by atoms with E-state index in [9.17, 15) is 25.0 Å². The van der Waals surface area contributed by atoms with E-state index in [-0.39, 0.29) is 28.3 Å². The van der Waals surface area contributed by atoms with Crippen LogP contribution in [0.25, 0.3) is 0 Å². The minimum Gasteiger partial charge on any atom is -0.493 e. The molecule has 0 spiro atoms. The van der Waals surface area contributed by atoms with E-state index in [1.807, 2.05) is 30.3 Å². The zero-order valence-electron chi connectivity index (χ0n) is 35.4. The highest BCUT2D eigenvalue weighted by molar-refractivity contribution is 6.00. The third kappa shape index (κ3) is 10.7. The minimum absolute atomic E-state index is 0.128. The summed E-state index contributed by atoms with van der Waals surface area (Å²) >= 11 is 0. The van der Waals surface area contributed by atoms with Gasteiger partial charge < -0.3 is 38.6 Å². The molecule has 1 N–H and O–H groups in total. The van der Waals surface area contributed by atoms with Crippen LogP contribution in [0.5, 0.6) is 23.0 Å². The van der Waals surface area contributed by atoms with E-state index in [2.05, 4.69) is 43.2 Å². The first-order valence-corrected chi connectivity index (χ1v) is 18.8. The first-order valence-electron chi connectivity index (χ1n) is 18.8. The number of nitro benzene ring substituents is 1. The van der Waals surface area contributed by atoms with Crippen LogP contribution in [0.15, 0.2) is 83.2 Å². The molecule has 312 valence electrons. The SMILES string of the molecule is COC(=O)C1=C(C)NC(C)=C(C(=O)OC)C1c1ccccc1[N+](=O)[O-].COc1ccc(CCN(C)CCCC(C#N)(c2ccc(OC)c(OC)c2)C(C)C)cc1OC. The second kappa shape index (κ2) is 21.5. The molecule has 0 saturated carbocycles. The Morgan fingerprint density at radius 3 is 1.86 bits per heavy atom. The average molecular weight is 801 g/mol. The van der Waals surface area contributed by atoms with Gasteiger partial charge in [-0.2, -0.15) is 5.26 Å². The number of dihydropyridines is 1. The zero-order chi connectivity index (χ0) is 43.2. The van der Waals surface area contributed by atoms with E-state index in [0.29, 0.717) is 22.9 Å². The van der Waals surface area contributed by atoms with E-state index in [1.165, 1.54) is 38.0 Å². The summed E-state index contributed by atoms with van der Waals surface area (Å²) in [6, 6.07) is 20.5. The number of carbonyl (C=O) groups excluding carboxylic acids is 2. The molecule has 0 amide bonds. The van der Waals surface area contributed by atoms with Crippen molar-refractivity contribution in [3.8, 4) is 29.1 Å². The fraction of sp³-hybridized carbons (Fsp3) is 0.432. The molecule has 3 aromatic carbocycles. The number of nitriles is 1. The van der Waals surface area contributed by atoms with Crippen LogP contribution in [0.3, 0.4) is 0 Å². The Kier molecular flexibility index (Phi) is 17.1. The van der Waals surface area contributed by atoms with Gasteiger partial charge in [0.05, 0.1) is 76.1 Å². The predicted octanol–water partition coefficient (Wildman–Crippen LogP) is 7.27. The largest absolute Gasteiger partial charge is 0.493 e. The van der Waals surface area contributed by atoms with Crippen LogP contribution in [0.1, 0.15) is 63.1 Å². The number of carbonyl (C=O) groups is 2. The summed E-state index contributed by atoms with van der Waals surface area (Å²) in [5, 5.41) is 24.6. The number of rotatable bonds is 17. The van der Waals surface area contributed by atoms with E-state index >= 15 is 0 Å². The maximum Gasteiger partial charge on any atom is 0.336 e. The van der Waals surface area contributed by atoms with E-state index in [4.69, 9.17) is 28.4 Å². The van der Waals surface area contributed by atoms with Crippen LogP contribution < -0.4 is 24.3 Å². The van der Waals surface area contributed by atoms with Gasteiger partial charge in [-0.05, 0) is 88.0 Å². The molecule has 0 aromatic heterocycles. The van der Waals surface area contributed by atoms with E-state index < -0.39 is 28.2 Å². The van der Waals surface area contributed by atoms with Crippen LogP contribution in [0.4, 0.5) is 5.69 Å². The number of ether oxygens (including phenoxy) is 6. The smallest absolute Gasteiger partial charge is 0.336 e. The van der Waals surface area contributed by atoms with Crippen molar-refractivity contribution in [3.63, 3.8) is 0 Å². The summed E-state index contributed by atoms with van der Waals surface area (Å²) in [4.78, 5) is 37.9. The highest BCUT2D eigenvalue weighted by Crippen LogP contribution is 2.43. The Morgan fingerprint density at radius 1 is 0.828 bits per heavy atom. The number of likely N-dealkylation sites (N-methyl/N-ethyl adjacent to an activating group) is 1. The van der Waals surface area contributed by atoms with Gasteiger partial charge >= 0.3 is 11.9 Å². The Bertz CT molecular complexity index is 2000. The molecule has 1 atom stereocenters. The van der Waals surface area contributed by atoms with Gasteiger partial charge in [0.2, 0.25) is 0 Å². The fourth-order valence-corrected chi connectivity index (χ4v) is 7.19. The quantitative estimate of drug-likeness (QED) is 0.0822. The number of para-hydroxylation sites is 1. The Labute approximate surface area is 341 Å². The third-order valence-corrected chi connectivity index (χ3v) is 10.4. The number of hydrogen-bond acceptors (Lipinski definition) is 13. The molecular weight excluding hydrogens is 745 g/mol. The lowest BCUT2D eigenvalue weighted by molar-refractivity contribution is -0.385. The van der Waals surface area contributed by atoms with Gasteiger partial charge in [-0.1, -0.05) is 44.2 Å². The van der Waals surface area contributed by atoms with Crippen LogP contribution in [0.2, 0.25) is 0 Å². The number of nitrogens with one attached hydrogen (secondary N) is 1. The highest BCUT2D eigenvalue weighted by atomic mass is 16.6. The van der Waals surface area contributed by atoms with Gasteiger partial charge in [-0.3, -0.25) is 10.1 Å². The first-order chi connectivity index (χ1) is 27.7. The summed E-state index contributed by atoms with van der Waals surface area (Å²) in [5.74, 6) is 0.660. The monoisotopic (exact) mass is 800 g/mol. The molecule has 14 heteroatoms. The van der Waals surface area contributed by atoms with Gasteiger partial charge in [0.1, 0.15) is 0 Å². The number of nitrogens with zero attached hydrogens (tertiary/aromatic N) is 3. The van der Waals surface area contributed by atoms with Crippen LogP contribution in [-0.2, 0) is 30.9 Å². The molecule has 0 fully saturated rings. The van der Waals surface area contributed by atoms with E-state index in [0.717, 1.165) is 49.4 Å². The summed E-state index contributed by atoms with van der Waals surface area (Å²) in [6.07, 6.45) is 2.61. The van der Waals surface area contributed by atoms with Crippen molar-refractivity contribution in [2.45, 2.75) is 58.3 Å². The van der Waals surface area contributed by atoms with Gasteiger partial charge in [0.15, 0.2) is 23.0 Å².